The molecule has 7 heteroatoms. The van der Waals surface area contributed by atoms with Gasteiger partial charge < -0.3 is 24.8 Å². The van der Waals surface area contributed by atoms with Gasteiger partial charge in [0.25, 0.3) is 0 Å². The van der Waals surface area contributed by atoms with E-state index in [1.165, 1.54) is 0 Å². The second-order valence-corrected chi connectivity index (χ2v) is 6.02. The number of carbonyl (C=O) groups excluding carboxylic acids is 1. The number of amides is 2. The minimum atomic E-state index is -0.673. The molecule has 0 spiro atoms. The summed E-state index contributed by atoms with van der Waals surface area (Å²) in [6.07, 6.45) is 1.76. The number of hydrogen-bond acceptors (Lipinski definition) is 5. The van der Waals surface area contributed by atoms with Crippen molar-refractivity contribution in [2.75, 3.05) is 38.2 Å². The average Bonchev–Trinajstić information content (AvgIpc) is 2.88. The number of rotatable bonds is 5. The number of benzene rings is 1. The van der Waals surface area contributed by atoms with Crippen LogP contribution in [0.25, 0.3) is 0 Å². The van der Waals surface area contributed by atoms with Gasteiger partial charge in [0.2, 0.25) is 0 Å². The minimum absolute atomic E-state index is 0.245. The molecule has 0 saturated carbocycles. The molecule has 2 amide bonds. The van der Waals surface area contributed by atoms with Crippen LogP contribution in [0, 0.1) is 0 Å². The van der Waals surface area contributed by atoms with E-state index in [2.05, 4.69) is 10.3 Å². The van der Waals surface area contributed by atoms with Crippen LogP contribution in [-0.4, -0.2) is 60.0 Å². The number of aliphatic hydroxyl groups is 1. The lowest BCUT2D eigenvalue weighted by Gasteiger charge is -2.22. The molecule has 1 fully saturated rings. The molecule has 1 aliphatic heterocycles. The zero-order valence-corrected chi connectivity index (χ0v) is 14.5. The van der Waals surface area contributed by atoms with Gasteiger partial charge in [0, 0.05) is 24.9 Å². The topological polar surface area (TPSA) is 83.9 Å². The van der Waals surface area contributed by atoms with E-state index in [4.69, 9.17) is 9.47 Å². The molecule has 1 unspecified atom stereocenters. The molecule has 7 nitrogen and oxygen atoms in total. The number of pyridine rings is 1. The van der Waals surface area contributed by atoms with Crippen molar-refractivity contribution in [1.29, 1.82) is 0 Å². The van der Waals surface area contributed by atoms with Crippen LogP contribution in [0.2, 0.25) is 0 Å². The van der Waals surface area contributed by atoms with E-state index in [0.29, 0.717) is 37.6 Å². The summed E-state index contributed by atoms with van der Waals surface area (Å²) >= 11 is 0. The molecule has 26 heavy (non-hydrogen) atoms. The third-order valence-electron chi connectivity index (χ3n) is 4.00. The number of β-amino-alcohol motifs (C(OH)–C–C–N with tert-alkyl or cyclic N) is 1. The molecule has 0 aliphatic carbocycles. The zero-order valence-electron chi connectivity index (χ0n) is 14.5. The number of urea groups is 1. The Hall–Kier alpha value is -2.64. The fourth-order valence-electron chi connectivity index (χ4n) is 2.68. The Morgan fingerprint density at radius 2 is 2.15 bits per heavy atom. The van der Waals surface area contributed by atoms with Gasteiger partial charge in [0.15, 0.2) is 0 Å². The monoisotopic (exact) mass is 357 g/mol. The van der Waals surface area contributed by atoms with Gasteiger partial charge in [-0.05, 0) is 24.3 Å². The quantitative estimate of drug-likeness (QED) is 0.854. The predicted molar refractivity (Wildman–Crippen MR) is 97.3 cm³/mol. The van der Waals surface area contributed by atoms with Gasteiger partial charge in [-0.25, -0.2) is 4.79 Å². The normalized spacial score (nSPS) is 17.4. The van der Waals surface area contributed by atoms with Gasteiger partial charge in [-0.15, -0.1) is 0 Å². The lowest BCUT2D eigenvalue weighted by Crippen LogP contribution is -2.40. The van der Waals surface area contributed by atoms with Crippen LogP contribution in [0.4, 0.5) is 10.5 Å². The molecule has 138 valence electrons. The number of nitrogens with zero attached hydrogens (tertiary/aromatic N) is 2. The fourth-order valence-corrected chi connectivity index (χ4v) is 2.68. The van der Waals surface area contributed by atoms with Crippen LogP contribution in [0.1, 0.15) is 5.69 Å². The van der Waals surface area contributed by atoms with E-state index in [-0.39, 0.29) is 19.2 Å². The van der Waals surface area contributed by atoms with E-state index in [1.807, 2.05) is 36.4 Å². The lowest BCUT2D eigenvalue weighted by molar-refractivity contribution is 0.0575. The Balaban J connectivity index is 1.58. The van der Waals surface area contributed by atoms with Crippen molar-refractivity contribution in [3.63, 3.8) is 0 Å². The zero-order chi connectivity index (χ0) is 18.2. The number of carbonyl (C=O) groups is 1. The number of aliphatic hydroxyl groups excluding tert-OH is 1. The fraction of sp³-hybridized carbons (Fsp3) is 0.368. The summed E-state index contributed by atoms with van der Waals surface area (Å²) in [4.78, 5) is 18.3. The molecule has 2 N–H and O–H groups in total. The maximum absolute atomic E-state index is 12.5. The largest absolute Gasteiger partial charge is 0.491 e. The number of nitrogens with one attached hydrogen (secondary N) is 1. The van der Waals surface area contributed by atoms with Crippen LogP contribution in [0.3, 0.4) is 0 Å². The minimum Gasteiger partial charge on any atom is -0.491 e. The molecule has 1 atom stereocenters. The van der Waals surface area contributed by atoms with Crippen molar-refractivity contribution in [3.8, 4) is 5.75 Å². The number of hydrogen-bond donors (Lipinski definition) is 2. The number of aromatic nitrogens is 1. The Bertz CT molecular complexity index is 711. The third kappa shape index (κ3) is 5.18. The molecule has 1 aromatic carbocycles. The van der Waals surface area contributed by atoms with Gasteiger partial charge >= 0.3 is 6.03 Å². The van der Waals surface area contributed by atoms with Crippen molar-refractivity contribution in [2.24, 2.45) is 0 Å². The van der Waals surface area contributed by atoms with E-state index < -0.39 is 6.10 Å². The smallest absolute Gasteiger partial charge is 0.322 e. The molecular formula is C19H23N3O4. The van der Waals surface area contributed by atoms with Gasteiger partial charge in [-0.1, -0.05) is 18.2 Å². The first-order valence-corrected chi connectivity index (χ1v) is 8.66. The van der Waals surface area contributed by atoms with Crippen LogP contribution in [0.5, 0.6) is 5.75 Å². The number of ether oxygens (including phenoxy) is 2. The Labute approximate surface area is 152 Å². The van der Waals surface area contributed by atoms with E-state index in [1.54, 1.807) is 17.2 Å². The van der Waals surface area contributed by atoms with Crippen molar-refractivity contribution >= 4 is 11.7 Å². The molecule has 2 heterocycles. The highest BCUT2D eigenvalue weighted by Crippen LogP contribution is 2.24. The molecule has 2 aromatic rings. The maximum atomic E-state index is 12.5. The third-order valence-corrected chi connectivity index (χ3v) is 4.00. The SMILES string of the molecule is O=C(Nc1ccccc1OCCc1ccccn1)N1CCOCC(O)C1. The second-order valence-electron chi connectivity index (χ2n) is 6.02. The molecular weight excluding hydrogens is 334 g/mol. The standard InChI is InChI=1S/C19H23N3O4/c23-16-13-22(10-12-25-14-16)19(24)21-17-6-1-2-7-18(17)26-11-8-15-5-3-4-9-20-15/h1-7,9,16,23H,8,10-14H2,(H,21,24). The van der Waals surface area contributed by atoms with Gasteiger partial charge in [-0.2, -0.15) is 0 Å². The summed E-state index contributed by atoms with van der Waals surface area (Å²) in [5.74, 6) is 0.600. The predicted octanol–water partition coefficient (Wildman–Crippen LogP) is 1.93. The molecule has 0 radical (unpaired) electrons. The Morgan fingerprint density at radius 1 is 1.31 bits per heavy atom. The first kappa shape index (κ1) is 18.2. The van der Waals surface area contributed by atoms with E-state index >= 15 is 0 Å². The summed E-state index contributed by atoms with van der Waals surface area (Å²) < 4.78 is 11.1. The van der Waals surface area contributed by atoms with Crippen molar-refractivity contribution in [1.82, 2.24) is 9.88 Å². The molecule has 3 rings (SSSR count). The first-order chi connectivity index (χ1) is 12.7. The highest BCUT2D eigenvalue weighted by Gasteiger charge is 2.21. The summed E-state index contributed by atoms with van der Waals surface area (Å²) in [5, 5.41) is 12.6. The maximum Gasteiger partial charge on any atom is 0.322 e. The Kier molecular flexibility index (Phi) is 6.40. The Morgan fingerprint density at radius 3 is 3.00 bits per heavy atom. The first-order valence-electron chi connectivity index (χ1n) is 8.66. The molecule has 0 bridgehead atoms. The average molecular weight is 357 g/mol. The van der Waals surface area contributed by atoms with E-state index in [9.17, 15) is 9.90 Å². The highest BCUT2D eigenvalue weighted by molar-refractivity contribution is 5.91. The van der Waals surface area contributed by atoms with Crippen molar-refractivity contribution in [3.05, 3.63) is 54.4 Å². The number of anilines is 1. The van der Waals surface area contributed by atoms with Crippen LogP contribution in [0.15, 0.2) is 48.7 Å². The van der Waals surface area contributed by atoms with Crippen LogP contribution in [-0.2, 0) is 11.2 Å². The van der Waals surface area contributed by atoms with Gasteiger partial charge in [0.1, 0.15) is 5.75 Å². The summed E-state index contributed by atoms with van der Waals surface area (Å²) in [7, 11) is 0. The van der Waals surface area contributed by atoms with Gasteiger partial charge in [-0.3, -0.25) is 4.98 Å². The second kappa shape index (κ2) is 9.17. The molecule has 1 aliphatic rings. The van der Waals surface area contributed by atoms with Crippen molar-refractivity contribution in [2.45, 2.75) is 12.5 Å². The molecule has 1 saturated heterocycles. The summed E-state index contributed by atoms with van der Waals surface area (Å²) in [5.41, 5.74) is 1.55. The summed E-state index contributed by atoms with van der Waals surface area (Å²) in [6.45, 7) is 1.80. The van der Waals surface area contributed by atoms with Gasteiger partial charge in [0.05, 0.1) is 38.2 Å². The lowest BCUT2D eigenvalue weighted by atomic mass is 10.2. The van der Waals surface area contributed by atoms with Crippen molar-refractivity contribution < 1.29 is 19.4 Å². The van der Waals surface area contributed by atoms with Crippen LogP contribution < -0.4 is 10.1 Å². The summed E-state index contributed by atoms with van der Waals surface area (Å²) in [6, 6.07) is 12.8. The number of para-hydroxylation sites is 2. The highest BCUT2D eigenvalue weighted by atomic mass is 16.5. The molecule has 1 aromatic heterocycles. The van der Waals surface area contributed by atoms with Crippen LogP contribution >= 0.6 is 0 Å². The van der Waals surface area contributed by atoms with E-state index in [0.717, 1.165) is 5.69 Å².